The Balaban J connectivity index is 2.95. The van der Waals surface area contributed by atoms with Gasteiger partial charge >= 0.3 is 0 Å². The van der Waals surface area contributed by atoms with E-state index in [-0.39, 0.29) is 18.9 Å². The number of nitrogens with one attached hydrogen (secondary N) is 1. The molecule has 0 spiro atoms. The average molecular weight is 161 g/mol. The van der Waals surface area contributed by atoms with Gasteiger partial charge in [0, 0.05) is 6.61 Å². The van der Waals surface area contributed by atoms with Gasteiger partial charge in [-0.1, -0.05) is 0 Å². The third-order valence-corrected chi connectivity index (χ3v) is 1.26. The molecule has 3 N–H and O–H groups in total. The zero-order valence-corrected chi connectivity index (χ0v) is 6.55. The summed E-state index contributed by atoms with van der Waals surface area (Å²) in [6.45, 7) is 0.733. The Morgan fingerprint density at radius 2 is 2.00 bits per heavy atom. The molecule has 0 saturated heterocycles. The van der Waals surface area contributed by atoms with Crippen molar-refractivity contribution in [1.82, 2.24) is 5.32 Å². The van der Waals surface area contributed by atoms with Crippen LogP contribution in [0.5, 0.6) is 0 Å². The van der Waals surface area contributed by atoms with E-state index in [9.17, 15) is 4.79 Å². The van der Waals surface area contributed by atoms with E-state index in [1.165, 1.54) is 0 Å². The van der Waals surface area contributed by atoms with E-state index in [4.69, 9.17) is 10.2 Å². The van der Waals surface area contributed by atoms with Gasteiger partial charge in [0.1, 0.15) is 6.61 Å². The summed E-state index contributed by atoms with van der Waals surface area (Å²) in [5.74, 6) is -0.200. The van der Waals surface area contributed by atoms with Gasteiger partial charge in [0.2, 0.25) is 0 Å². The van der Waals surface area contributed by atoms with Gasteiger partial charge in [-0.3, -0.25) is 4.79 Å². The molecular weight excluding hydrogens is 146 g/mol. The summed E-state index contributed by atoms with van der Waals surface area (Å²) in [4.78, 5) is 10.5. The first kappa shape index (κ1) is 10.6. The molecule has 0 aromatic heterocycles. The number of carbonyl (C=O) groups excluding carboxylic acids is 1. The molecule has 0 atom stereocenters. The van der Waals surface area contributed by atoms with Crippen LogP contribution in [0, 0.1) is 0 Å². The van der Waals surface area contributed by atoms with Gasteiger partial charge in [0.15, 0.2) is 5.78 Å². The van der Waals surface area contributed by atoms with Crippen molar-refractivity contribution in [3.05, 3.63) is 0 Å². The molecule has 0 fully saturated rings. The average Bonchev–Trinajstić information content (AvgIpc) is 2.04. The van der Waals surface area contributed by atoms with Gasteiger partial charge in [0.25, 0.3) is 0 Å². The molecule has 0 unspecified atom stereocenters. The van der Waals surface area contributed by atoms with Crippen molar-refractivity contribution in [2.75, 3.05) is 26.3 Å². The minimum atomic E-state index is -0.396. The van der Waals surface area contributed by atoms with E-state index in [2.05, 4.69) is 5.32 Å². The molecule has 0 radical (unpaired) electrons. The topological polar surface area (TPSA) is 69.6 Å². The van der Waals surface area contributed by atoms with Crippen LogP contribution in [0.25, 0.3) is 0 Å². The molecule has 0 aliphatic carbocycles. The third kappa shape index (κ3) is 7.45. The normalized spacial score (nSPS) is 10.0. The van der Waals surface area contributed by atoms with Crippen LogP contribution in [0.2, 0.25) is 0 Å². The van der Waals surface area contributed by atoms with E-state index in [1.807, 2.05) is 0 Å². The van der Waals surface area contributed by atoms with Gasteiger partial charge in [-0.05, 0) is 19.4 Å². The molecule has 0 saturated carbocycles. The summed E-state index contributed by atoms with van der Waals surface area (Å²) in [7, 11) is 0. The molecule has 4 heteroatoms. The fourth-order valence-corrected chi connectivity index (χ4v) is 0.646. The second-order valence-electron chi connectivity index (χ2n) is 2.30. The minimum Gasteiger partial charge on any atom is -0.396 e. The number of Topliss-reactive ketones (excluding diaryl/α,β-unsaturated/α-hetero) is 1. The lowest BCUT2D eigenvalue weighted by atomic mass is 10.3. The van der Waals surface area contributed by atoms with E-state index in [0.29, 0.717) is 6.54 Å². The molecule has 0 bridgehead atoms. The van der Waals surface area contributed by atoms with Crippen molar-refractivity contribution < 1.29 is 15.0 Å². The number of carbonyl (C=O) groups is 1. The SMILES string of the molecule is O=C(CO)CNCCCCO. The van der Waals surface area contributed by atoms with Crippen molar-refractivity contribution >= 4 is 5.78 Å². The Kier molecular flexibility index (Phi) is 7.34. The van der Waals surface area contributed by atoms with E-state index < -0.39 is 6.61 Å². The zero-order chi connectivity index (χ0) is 8.53. The zero-order valence-electron chi connectivity index (χ0n) is 6.55. The quantitative estimate of drug-likeness (QED) is 0.415. The second-order valence-corrected chi connectivity index (χ2v) is 2.30. The summed E-state index contributed by atoms with van der Waals surface area (Å²) >= 11 is 0. The molecule has 0 aromatic rings. The molecule has 0 heterocycles. The molecule has 0 aromatic carbocycles. The van der Waals surface area contributed by atoms with Crippen molar-refractivity contribution in [2.24, 2.45) is 0 Å². The van der Waals surface area contributed by atoms with E-state index in [1.54, 1.807) is 0 Å². The fraction of sp³-hybridized carbons (Fsp3) is 0.857. The van der Waals surface area contributed by atoms with Crippen LogP contribution < -0.4 is 5.32 Å². The maximum Gasteiger partial charge on any atom is 0.171 e. The number of aliphatic hydroxyl groups is 2. The molecule has 0 aliphatic rings. The van der Waals surface area contributed by atoms with Crippen LogP contribution in [0.4, 0.5) is 0 Å². The number of aliphatic hydroxyl groups excluding tert-OH is 2. The van der Waals surface area contributed by atoms with Crippen LogP contribution in [0.15, 0.2) is 0 Å². The number of ketones is 1. The molecule has 4 nitrogen and oxygen atoms in total. The summed E-state index contributed by atoms with van der Waals surface area (Å²) in [6.07, 6.45) is 1.61. The number of hydrogen-bond acceptors (Lipinski definition) is 4. The van der Waals surface area contributed by atoms with Gasteiger partial charge in [-0.2, -0.15) is 0 Å². The highest BCUT2D eigenvalue weighted by Gasteiger charge is 1.96. The first-order valence-electron chi connectivity index (χ1n) is 3.75. The van der Waals surface area contributed by atoms with Crippen molar-refractivity contribution in [3.63, 3.8) is 0 Å². The van der Waals surface area contributed by atoms with Crippen LogP contribution in [-0.2, 0) is 4.79 Å². The highest BCUT2D eigenvalue weighted by Crippen LogP contribution is 1.82. The maximum absolute atomic E-state index is 10.5. The second kappa shape index (κ2) is 7.65. The maximum atomic E-state index is 10.5. The summed E-state index contributed by atoms with van der Waals surface area (Å²) in [6, 6.07) is 0. The first-order valence-corrected chi connectivity index (χ1v) is 3.75. The third-order valence-electron chi connectivity index (χ3n) is 1.26. The highest BCUT2D eigenvalue weighted by molar-refractivity contribution is 5.81. The lowest BCUT2D eigenvalue weighted by molar-refractivity contribution is -0.120. The molecule has 0 rings (SSSR count). The fourth-order valence-electron chi connectivity index (χ4n) is 0.646. The van der Waals surface area contributed by atoms with Crippen molar-refractivity contribution in [3.8, 4) is 0 Å². The molecule has 11 heavy (non-hydrogen) atoms. The summed E-state index contributed by atoms with van der Waals surface area (Å²) in [5, 5.41) is 19.5. The van der Waals surface area contributed by atoms with Gasteiger partial charge in [0.05, 0.1) is 6.54 Å². The summed E-state index contributed by atoms with van der Waals surface area (Å²) in [5.41, 5.74) is 0. The van der Waals surface area contributed by atoms with Crippen LogP contribution >= 0.6 is 0 Å². The first-order chi connectivity index (χ1) is 5.31. The Bertz CT molecular complexity index is 106. The highest BCUT2D eigenvalue weighted by atomic mass is 16.3. The van der Waals surface area contributed by atoms with Crippen molar-refractivity contribution in [2.45, 2.75) is 12.8 Å². The Hall–Kier alpha value is -0.450. The van der Waals surface area contributed by atoms with E-state index >= 15 is 0 Å². The lowest BCUT2D eigenvalue weighted by Crippen LogP contribution is -2.25. The molecular formula is C7H15NO3. The predicted molar refractivity (Wildman–Crippen MR) is 41.3 cm³/mol. The minimum absolute atomic E-state index is 0.190. The Morgan fingerprint density at radius 3 is 2.55 bits per heavy atom. The van der Waals surface area contributed by atoms with Crippen LogP contribution in [0.1, 0.15) is 12.8 Å². The van der Waals surface area contributed by atoms with Gasteiger partial charge in [-0.15, -0.1) is 0 Å². The smallest absolute Gasteiger partial charge is 0.171 e. The molecule has 66 valence electrons. The number of rotatable bonds is 7. The van der Waals surface area contributed by atoms with E-state index in [0.717, 1.165) is 12.8 Å². The Labute approximate surface area is 66.2 Å². The lowest BCUT2D eigenvalue weighted by Gasteiger charge is -2.00. The monoisotopic (exact) mass is 161 g/mol. The summed E-state index contributed by atoms with van der Waals surface area (Å²) < 4.78 is 0. The number of hydrogen-bond donors (Lipinski definition) is 3. The van der Waals surface area contributed by atoms with Gasteiger partial charge in [-0.25, -0.2) is 0 Å². The molecule has 0 amide bonds. The number of unbranched alkanes of at least 4 members (excludes halogenated alkanes) is 1. The predicted octanol–water partition coefficient (Wildman–Crippen LogP) is -1.09. The van der Waals surface area contributed by atoms with Gasteiger partial charge < -0.3 is 15.5 Å². The molecule has 0 aliphatic heterocycles. The van der Waals surface area contributed by atoms with Crippen molar-refractivity contribution in [1.29, 1.82) is 0 Å². The standard InChI is InChI=1S/C7H15NO3/c9-4-2-1-3-8-5-7(11)6-10/h8-10H,1-6H2. The largest absolute Gasteiger partial charge is 0.396 e. The Morgan fingerprint density at radius 1 is 1.27 bits per heavy atom. The van der Waals surface area contributed by atoms with Crippen LogP contribution in [0.3, 0.4) is 0 Å². The van der Waals surface area contributed by atoms with Crippen LogP contribution in [-0.4, -0.2) is 42.3 Å².